The number of methoxy groups -OCH3 is 1. The van der Waals surface area contributed by atoms with Crippen LogP contribution >= 0.6 is 11.3 Å². The molecule has 2 aromatic rings. The van der Waals surface area contributed by atoms with E-state index in [9.17, 15) is 4.79 Å². The number of anilines is 1. The molecule has 3 rings (SSSR count). The number of ether oxygens (including phenoxy) is 1. The molecule has 1 unspecified atom stereocenters. The number of thiazole rings is 1. The maximum atomic E-state index is 12.1. The standard InChI is InChI=1S/C18H19N3O2S/c1-13-11-19-18(24-13)21-10-9-15(12-21)20-17(22)8-7-14-5-3-4-6-16(14)23-2/h3-6,11,15H,9-10,12H2,1-2H3,(H,20,22). The molecular formula is C18H19N3O2S. The summed E-state index contributed by atoms with van der Waals surface area (Å²) >= 11 is 1.68. The molecule has 1 N–H and O–H groups in total. The highest BCUT2D eigenvalue weighted by Crippen LogP contribution is 2.25. The van der Waals surface area contributed by atoms with Crippen LogP contribution in [0.2, 0.25) is 0 Å². The van der Waals surface area contributed by atoms with Gasteiger partial charge in [-0.15, -0.1) is 11.3 Å². The number of nitrogens with zero attached hydrogens (tertiary/aromatic N) is 2. The van der Waals surface area contributed by atoms with E-state index < -0.39 is 0 Å². The Labute approximate surface area is 145 Å². The SMILES string of the molecule is COc1ccccc1C#CC(=O)NC1CCN(c2ncc(C)s2)C1. The lowest BCUT2D eigenvalue weighted by atomic mass is 10.2. The van der Waals surface area contributed by atoms with E-state index >= 15 is 0 Å². The van der Waals surface area contributed by atoms with Crippen LogP contribution in [0, 0.1) is 18.8 Å². The molecule has 24 heavy (non-hydrogen) atoms. The number of aromatic nitrogens is 1. The van der Waals surface area contributed by atoms with Crippen molar-refractivity contribution in [1.29, 1.82) is 0 Å². The minimum Gasteiger partial charge on any atom is -0.495 e. The summed E-state index contributed by atoms with van der Waals surface area (Å²) in [5, 5.41) is 3.99. The summed E-state index contributed by atoms with van der Waals surface area (Å²) in [5.41, 5.74) is 0.710. The van der Waals surface area contributed by atoms with Gasteiger partial charge < -0.3 is 15.0 Å². The number of hydrogen-bond donors (Lipinski definition) is 1. The number of aryl methyl sites for hydroxylation is 1. The molecule has 1 amide bonds. The van der Waals surface area contributed by atoms with Crippen molar-refractivity contribution in [3.05, 3.63) is 40.9 Å². The third kappa shape index (κ3) is 3.87. The Balaban J connectivity index is 1.57. The highest BCUT2D eigenvalue weighted by Gasteiger charge is 2.25. The average molecular weight is 341 g/mol. The summed E-state index contributed by atoms with van der Waals surface area (Å²) in [6.07, 6.45) is 2.78. The fraction of sp³-hybridized carbons (Fsp3) is 0.333. The maximum Gasteiger partial charge on any atom is 0.296 e. The summed E-state index contributed by atoms with van der Waals surface area (Å²) in [4.78, 5) is 19.9. The predicted octanol–water partition coefficient (Wildman–Crippen LogP) is 2.21. The Morgan fingerprint density at radius 1 is 1.46 bits per heavy atom. The van der Waals surface area contributed by atoms with Crippen molar-refractivity contribution < 1.29 is 9.53 Å². The lowest BCUT2D eigenvalue weighted by Crippen LogP contribution is -2.36. The van der Waals surface area contributed by atoms with Gasteiger partial charge in [0.25, 0.3) is 5.91 Å². The largest absolute Gasteiger partial charge is 0.495 e. The van der Waals surface area contributed by atoms with Crippen molar-refractivity contribution in [1.82, 2.24) is 10.3 Å². The number of carbonyl (C=O) groups excluding carboxylic acids is 1. The van der Waals surface area contributed by atoms with Crippen LogP contribution in [-0.4, -0.2) is 37.1 Å². The van der Waals surface area contributed by atoms with Crippen LogP contribution in [0.5, 0.6) is 5.75 Å². The highest BCUT2D eigenvalue weighted by molar-refractivity contribution is 7.15. The maximum absolute atomic E-state index is 12.1. The van der Waals surface area contributed by atoms with Gasteiger partial charge in [0, 0.05) is 36.1 Å². The minimum atomic E-state index is -0.261. The minimum absolute atomic E-state index is 0.105. The van der Waals surface area contributed by atoms with Crippen LogP contribution < -0.4 is 15.0 Å². The Kier molecular flexibility index (Phi) is 5.02. The van der Waals surface area contributed by atoms with Crippen molar-refractivity contribution in [2.45, 2.75) is 19.4 Å². The molecule has 0 radical (unpaired) electrons. The molecule has 5 nitrogen and oxygen atoms in total. The highest BCUT2D eigenvalue weighted by atomic mass is 32.1. The van der Waals surface area contributed by atoms with Gasteiger partial charge in [-0.1, -0.05) is 18.1 Å². The number of benzene rings is 1. The molecule has 0 aliphatic carbocycles. The van der Waals surface area contributed by atoms with E-state index in [0.29, 0.717) is 11.3 Å². The Morgan fingerprint density at radius 3 is 3.04 bits per heavy atom. The van der Waals surface area contributed by atoms with Gasteiger partial charge in [-0.3, -0.25) is 4.79 Å². The molecule has 6 heteroatoms. The average Bonchev–Trinajstić information content (AvgIpc) is 3.22. The normalized spacial score (nSPS) is 16.4. The van der Waals surface area contributed by atoms with Crippen LogP contribution in [0.1, 0.15) is 16.9 Å². The van der Waals surface area contributed by atoms with Crippen LogP contribution in [0.25, 0.3) is 0 Å². The van der Waals surface area contributed by atoms with Gasteiger partial charge >= 0.3 is 0 Å². The van der Waals surface area contributed by atoms with Crippen molar-refractivity contribution >= 4 is 22.4 Å². The quantitative estimate of drug-likeness (QED) is 0.870. The molecule has 0 spiro atoms. The lowest BCUT2D eigenvalue weighted by molar-refractivity contribution is -0.116. The van der Waals surface area contributed by atoms with Crippen LogP contribution in [0.3, 0.4) is 0 Å². The molecule has 1 aromatic carbocycles. The predicted molar refractivity (Wildman–Crippen MR) is 95.5 cm³/mol. The van der Waals surface area contributed by atoms with Gasteiger partial charge in [0.2, 0.25) is 0 Å². The molecule has 0 saturated carbocycles. The second kappa shape index (κ2) is 7.37. The second-order valence-electron chi connectivity index (χ2n) is 5.61. The van der Waals surface area contributed by atoms with Crippen molar-refractivity contribution in [3.63, 3.8) is 0 Å². The fourth-order valence-electron chi connectivity index (χ4n) is 2.63. The molecule has 124 valence electrons. The van der Waals surface area contributed by atoms with E-state index in [1.54, 1.807) is 18.4 Å². The number of rotatable bonds is 3. The molecule has 1 aromatic heterocycles. The smallest absolute Gasteiger partial charge is 0.296 e. The molecule has 1 aliphatic heterocycles. The summed E-state index contributed by atoms with van der Waals surface area (Å²) < 4.78 is 5.23. The third-order valence-electron chi connectivity index (χ3n) is 3.82. The number of para-hydroxylation sites is 1. The second-order valence-corrected chi connectivity index (χ2v) is 6.82. The summed E-state index contributed by atoms with van der Waals surface area (Å²) in [5.74, 6) is 5.93. The van der Waals surface area contributed by atoms with Gasteiger partial charge in [0.05, 0.1) is 12.7 Å². The Morgan fingerprint density at radius 2 is 2.29 bits per heavy atom. The van der Waals surface area contributed by atoms with Gasteiger partial charge in [-0.25, -0.2) is 4.98 Å². The number of nitrogens with one attached hydrogen (secondary N) is 1. The first-order valence-corrected chi connectivity index (χ1v) is 8.60. The molecule has 1 saturated heterocycles. The molecule has 1 aliphatic rings. The van der Waals surface area contributed by atoms with Gasteiger partial charge in [-0.2, -0.15) is 0 Å². The van der Waals surface area contributed by atoms with E-state index in [-0.39, 0.29) is 11.9 Å². The molecule has 2 heterocycles. The van der Waals surface area contributed by atoms with Gasteiger partial charge in [-0.05, 0) is 25.5 Å². The first-order valence-electron chi connectivity index (χ1n) is 7.78. The van der Waals surface area contributed by atoms with E-state index in [2.05, 4.69) is 27.0 Å². The van der Waals surface area contributed by atoms with Gasteiger partial charge in [0.15, 0.2) is 5.13 Å². The van der Waals surface area contributed by atoms with Crippen LogP contribution in [-0.2, 0) is 4.79 Å². The zero-order valence-electron chi connectivity index (χ0n) is 13.7. The van der Waals surface area contributed by atoms with E-state index in [0.717, 1.165) is 24.6 Å². The molecule has 1 fully saturated rings. The van der Waals surface area contributed by atoms with Crippen molar-refractivity contribution in [3.8, 4) is 17.6 Å². The van der Waals surface area contributed by atoms with E-state index in [1.165, 1.54) is 4.88 Å². The van der Waals surface area contributed by atoms with Gasteiger partial charge in [0.1, 0.15) is 5.75 Å². The summed E-state index contributed by atoms with van der Waals surface area (Å²) in [7, 11) is 1.59. The van der Waals surface area contributed by atoms with E-state index in [4.69, 9.17) is 4.74 Å². The monoisotopic (exact) mass is 341 g/mol. The molecule has 1 atom stereocenters. The zero-order valence-corrected chi connectivity index (χ0v) is 14.5. The Bertz CT molecular complexity index is 791. The topological polar surface area (TPSA) is 54.5 Å². The Hall–Kier alpha value is -2.52. The molecule has 0 bridgehead atoms. The van der Waals surface area contributed by atoms with Crippen molar-refractivity contribution in [2.75, 3.05) is 25.1 Å². The lowest BCUT2D eigenvalue weighted by Gasteiger charge is -2.14. The first kappa shape index (κ1) is 16.3. The third-order valence-corrected chi connectivity index (χ3v) is 4.79. The number of hydrogen-bond acceptors (Lipinski definition) is 5. The van der Waals surface area contributed by atoms with E-state index in [1.807, 2.05) is 37.4 Å². The fourth-order valence-corrected chi connectivity index (χ4v) is 3.43. The molecular weight excluding hydrogens is 322 g/mol. The van der Waals surface area contributed by atoms with Crippen molar-refractivity contribution in [2.24, 2.45) is 0 Å². The number of carbonyl (C=O) groups is 1. The zero-order chi connectivity index (χ0) is 16.9. The van der Waals surface area contributed by atoms with Crippen LogP contribution in [0.15, 0.2) is 30.5 Å². The first-order chi connectivity index (χ1) is 11.7. The summed E-state index contributed by atoms with van der Waals surface area (Å²) in [6, 6.07) is 7.51. The van der Waals surface area contributed by atoms with Crippen LogP contribution in [0.4, 0.5) is 5.13 Å². The number of amides is 1. The summed E-state index contributed by atoms with van der Waals surface area (Å²) in [6.45, 7) is 3.72.